The first-order valence-electron chi connectivity index (χ1n) is 20.6. The van der Waals surface area contributed by atoms with Gasteiger partial charge in [-0.25, -0.2) is 4.79 Å². The van der Waals surface area contributed by atoms with Crippen molar-refractivity contribution in [2.45, 2.75) is 68.2 Å². The number of nitrogens with zero attached hydrogens (tertiary/aromatic N) is 4. The van der Waals surface area contributed by atoms with Crippen molar-refractivity contribution in [3.05, 3.63) is 152 Å². The lowest BCUT2D eigenvalue weighted by atomic mass is 10.1. The van der Waals surface area contributed by atoms with E-state index >= 15 is 0 Å². The van der Waals surface area contributed by atoms with Gasteiger partial charge in [0.15, 0.2) is 11.6 Å². The quantitative estimate of drug-likeness (QED) is 0.0758. The standard InChI is InChI=1S/C25H28ClN3O4.C23H26ClN3O3/c1-5-32-25(31)19-8-6-18(7-9-19)24(30)27-23-12-17(4)29(28-23)14-20-13-21(26)10-11-22(20)33-15-16(2)3;1-15(2)14-30-21-9-8-20(24)11-19(21)12-27-16(3)10-22(26-27)25-23(29)18-6-4-17(13-28)5-7-18/h6-13,16H,5,14-15H2,1-4H3,(H,27,28,30);4-11,15,28H,12-14H2,1-3H3,(H,25,26,29). The molecule has 0 radical (unpaired) electrons. The number of aromatic nitrogens is 4. The van der Waals surface area contributed by atoms with Gasteiger partial charge in [-0.05, 0) is 111 Å². The largest absolute Gasteiger partial charge is 0.493 e. The van der Waals surface area contributed by atoms with Gasteiger partial charge in [0.25, 0.3) is 11.8 Å². The third-order valence-corrected chi connectivity index (χ3v) is 9.80. The van der Waals surface area contributed by atoms with Crippen LogP contribution in [0.5, 0.6) is 11.5 Å². The molecule has 15 heteroatoms. The maximum Gasteiger partial charge on any atom is 0.338 e. The van der Waals surface area contributed by atoms with Crippen molar-refractivity contribution in [3.8, 4) is 11.5 Å². The van der Waals surface area contributed by atoms with Gasteiger partial charge in [-0.15, -0.1) is 0 Å². The molecule has 6 rings (SSSR count). The molecule has 2 amide bonds. The fraction of sp³-hybridized carbons (Fsp3) is 0.312. The van der Waals surface area contributed by atoms with Crippen LogP contribution in [0.3, 0.4) is 0 Å². The first-order chi connectivity index (χ1) is 30.1. The smallest absolute Gasteiger partial charge is 0.338 e. The number of esters is 1. The van der Waals surface area contributed by atoms with E-state index in [0.717, 1.165) is 39.6 Å². The van der Waals surface area contributed by atoms with Crippen LogP contribution in [0.15, 0.2) is 97.1 Å². The minimum absolute atomic E-state index is 0.0577. The summed E-state index contributed by atoms with van der Waals surface area (Å²) in [4.78, 5) is 36.9. The highest BCUT2D eigenvalue weighted by molar-refractivity contribution is 6.31. The fourth-order valence-corrected chi connectivity index (χ4v) is 6.42. The monoisotopic (exact) mass is 896 g/mol. The van der Waals surface area contributed by atoms with Crippen LogP contribution >= 0.6 is 23.2 Å². The number of aliphatic hydroxyl groups excluding tert-OH is 1. The van der Waals surface area contributed by atoms with Crippen molar-refractivity contribution < 1.29 is 33.7 Å². The number of rotatable bonds is 17. The molecule has 0 aliphatic carbocycles. The van der Waals surface area contributed by atoms with Crippen LogP contribution in [0.25, 0.3) is 0 Å². The van der Waals surface area contributed by atoms with Gasteiger partial charge in [-0.2, -0.15) is 10.2 Å². The van der Waals surface area contributed by atoms with Gasteiger partial charge in [-0.1, -0.05) is 63.0 Å². The maximum atomic E-state index is 12.6. The zero-order chi connectivity index (χ0) is 45.6. The first kappa shape index (κ1) is 47.9. The van der Waals surface area contributed by atoms with Gasteiger partial charge in [0.2, 0.25) is 0 Å². The Bertz CT molecular complexity index is 2480. The summed E-state index contributed by atoms with van der Waals surface area (Å²) in [5, 5.41) is 25.0. The summed E-state index contributed by atoms with van der Waals surface area (Å²) in [6, 6.07) is 27.8. The van der Waals surface area contributed by atoms with Gasteiger partial charge < -0.3 is 30.0 Å². The van der Waals surface area contributed by atoms with Crippen LogP contribution in [0, 0.1) is 25.7 Å². The predicted molar refractivity (Wildman–Crippen MR) is 246 cm³/mol. The molecule has 0 bridgehead atoms. The molecule has 0 fully saturated rings. The van der Waals surface area contributed by atoms with Gasteiger partial charge >= 0.3 is 5.97 Å². The lowest BCUT2D eigenvalue weighted by Crippen LogP contribution is -2.14. The highest BCUT2D eigenvalue weighted by Gasteiger charge is 2.16. The average molecular weight is 898 g/mol. The number of ether oxygens (including phenoxy) is 3. The summed E-state index contributed by atoms with van der Waals surface area (Å²) < 4.78 is 20.4. The maximum absolute atomic E-state index is 12.6. The Labute approximate surface area is 378 Å². The number of hydrogen-bond acceptors (Lipinski definition) is 9. The number of hydrogen-bond donors (Lipinski definition) is 3. The summed E-state index contributed by atoms with van der Waals surface area (Å²) in [5.74, 6) is 2.24. The zero-order valence-electron chi connectivity index (χ0n) is 36.6. The van der Waals surface area contributed by atoms with Gasteiger partial charge in [0.05, 0.1) is 45.1 Å². The third kappa shape index (κ3) is 14.2. The number of nitrogens with one attached hydrogen (secondary N) is 2. The van der Waals surface area contributed by atoms with Gasteiger partial charge in [0, 0.05) is 55.8 Å². The van der Waals surface area contributed by atoms with Crippen molar-refractivity contribution in [1.29, 1.82) is 0 Å². The molecule has 6 aromatic rings. The molecule has 0 atom stereocenters. The number of anilines is 2. The van der Waals surface area contributed by atoms with Crippen molar-refractivity contribution in [1.82, 2.24) is 19.6 Å². The average Bonchev–Trinajstić information content (AvgIpc) is 3.78. The number of carbonyl (C=O) groups is 3. The predicted octanol–water partition coefficient (Wildman–Crippen LogP) is 10.0. The molecule has 2 aromatic heterocycles. The molecule has 63 heavy (non-hydrogen) atoms. The van der Waals surface area contributed by atoms with E-state index < -0.39 is 5.97 Å². The number of halogens is 2. The van der Waals surface area contributed by atoms with Crippen LogP contribution in [0.2, 0.25) is 10.0 Å². The molecule has 0 saturated carbocycles. The van der Waals surface area contributed by atoms with E-state index in [9.17, 15) is 14.4 Å². The lowest BCUT2D eigenvalue weighted by molar-refractivity contribution is 0.0526. The van der Waals surface area contributed by atoms with Crippen LogP contribution in [-0.2, 0) is 24.4 Å². The first-order valence-corrected chi connectivity index (χ1v) is 21.4. The summed E-state index contributed by atoms with van der Waals surface area (Å²) >= 11 is 12.4. The van der Waals surface area contributed by atoms with E-state index in [-0.39, 0.29) is 18.4 Å². The molecule has 0 aliphatic heterocycles. The number of carbonyl (C=O) groups excluding carboxylic acids is 3. The number of amides is 2. The summed E-state index contributed by atoms with van der Waals surface area (Å²) in [6.45, 7) is 16.3. The van der Waals surface area contributed by atoms with Crippen LogP contribution in [-0.4, -0.2) is 62.3 Å². The SMILES string of the molecule is CCOC(=O)c1ccc(C(=O)Nc2cc(C)n(Cc3cc(Cl)ccc3OCC(C)C)n2)cc1.Cc1cc(NC(=O)c2ccc(CO)cc2)nn1Cc1cc(Cl)ccc1OCC(C)C. The Morgan fingerprint density at radius 2 is 1.05 bits per heavy atom. The minimum atomic E-state index is -0.420. The third-order valence-electron chi connectivity index (χ3n) is 9.33. The van der Waals surface area contributed by atoms with E-state index in [2.05, 4.69) is 48.5 Å². The number of benzene rings is 4. The van der Waals surface area contributed by atoms with Gasteiger partial charge in [0.1, 0.15) is 11.5 Å². The Kier molecular flexibility index (Phi) is 17.3. The topological polar surface area (TPSA) is 159 Å². The number of aliphatic hydroxyl groups is 1. The second-order valence-electron chi connectivity index (χ2n) is 15.6. The molecular weight excluding hydrogens is 843 g/mol. The van der Waals surface area contributed by atoms with E-state index in [4.69, 9.17) is 42.5 Å². The minimum Gasteiger partial charge on any atom is -0.493 e. The molecule has 3 N–H and O–H groups in total. The van der Waals surface area contributed by atoms with Crippen LogP contribution < -0.4 is 20.1 Å². The second kappa shape index (κ2) is 22.8. The van der Waals surface area contributed by atoms with E-state index in [0.29, 0.717) is 83.1 Å². The highest BCUT2D eigenvalue weighted by Crippen LogP contribution is 2.27. The Morgan fingerprint density at radius 1 is 0.635 bits per heavy atom. The summed E-state index contributed by atoms with van der Waals surface area (Å²) in [7, 11) is 0. The van der Waals surface area contributed by atoms with Crippen molar-refractivity contribution in [2.75, 3.05) is 30.5 Å². The summed E-state index contributed by atoms with van der Waals surface area (Å²) in [6.07, 6.45) is 0. The molecule has 2 heterocycles. The molecule has 0 saturated heterocycles. The van der Waals surface area contributed by atoms with E-state index in [1.165, 1.54) is 0 Å². The normalized spacial score (nSPS) is 10.9. The lowest BCUT2D eigenvalue weighted by Gasteiger charge is -2.14. The van der Waals surface area contributed by atoms with Crippen molar-refractivity contribution >= 4 is 52.6 Å². The molecule has 0 aliphatic rings. The van der Waals surface area contributed by atoms with E-state index in [1.807, 2.05) is 50.2 Å². The Hall–Kier alpha value is -6.15. The molecule has 0 unspecified atom stereocenters. The van der Waals surface area contributed by atoms with E-state index in [1.54, 1.807) is 77.0 Å². The highest BCUT2D eigenvalue weighted by atomic mass is 35.5. The van der Waals surface area contributed by atoms with Gasteiger partial charge in [-0.3, -0.25) is 19.0 Å². The fourth-order valence-electron chi connectivity index (χ4n) is 6.03. The summed E-state index contributed by atoms with van der Waals surface area (Å²) in [5.41, 5.74) is 5.66. The molecule has 4 aromatic carbocycles. The second-order valence-corrected chi connectivity index (χ2v) is 16.5. The van der Waals surface area contributed by atoms with Crippen molar-refractivity contribution in [3.63, 3.8) is 0 Å². The van der Waals surface area contributed by atoms with Crippen molar-refractivity contribution in [2.24, 2.45) is 11.8 Å². The van der Waals surface area contributed by atoms with Crippen LogP contribution in [0.4, 0.5) is 11.6 Å². The zero-order valence-corrected chi connectivity index (χ0v) is 38.1. The Balaban J connectivity index is 0.000000239. The molecule has 13 nitrogen and oxygen atoms in total. The molecular formula is C48H54Cl2N6O7. The molecule has 332 valence electrons. The van der Waals surface area contributed by atoms with Crippen LogP contribution in [0.1, 0.15) is 93.8 Å². The number of aryl methyl sites for hydroxylation is 2. The Morgan fingerprint density at radius 3 is 1.44 bits per heavy atom. The molecule has 0 spiro atoms.